The minimum Gasteiger partial charge on any atom is -0.466 e. The predicted molar refractivity (Wildman–Crippen MR) is 74.2 cm³/mol. The third-order valence-electron chi connectivity index (χ3n) is 4.02. The second-order valence-corrected chi connectivity index (χ2v) is 6.62. The topological polar surface area (TPSA) is 55.8 Å². The molecular weight excluding hydrogens is 258 g/mol. The molecule has 0 aromatic heterocycles. The van der Waals surface area contributed by atoms with E-state index in [9.17, 15) is 9.59 Å². The Morgan fingerprint density at radius 3 is 2.40 bits per heavy atom. The van der Waals surface area contributed by atoms with Gasteiger partial charge in [0.25, 0.3) is 0 Å². The first-order valence-electron chi connectivity index (χ1n) is 7.51. The van der Waals surface area contributed by atoms with Crippen molar-refractivity contribution in [3.63, 3.8) is 0 Å². The highest BCUT2D eigenvalue weighted by Gasteiger charge is 2.49. The van der Waals surface area contributed by atoms with Gasteiger partial charge in [0, 0.05) is 12.1 Å². The molecule has 2 bridgehead atoms. The van der Waals surface area contributed by atoms with Crippen molar-refractivity contribution in [2.24, 2.45) is 5.92 Å². The van der Waals surface area contributed by atoms with Crippen LogP contribution in [0.1, 0.15) is 53.4 Å². The Morgan fingerprint density at radius 2 is 1.80 bits per heavy atom. The lowest BCUT2D eigenvalue weighted by molar-refractivity contribution is -0.151. The minimum atomic E-state index is -0.507. The molecule has 0 radical (unpaired) electrons. The molecule has 5 heteroatoms. The molecule has 0 N–H and O–H groups in total. The maximum Gasteiger partial charge on any atom is 0.410 e. The summed E-state index contributed by atoms with van der Waals surface area (Å²) in [6.45, 7) is 7.78. The summed E-state index contributed by atoms with van der Waals surface area (Å²) in [5, 5.41) is 0. The van der Waals surface area contributed by atoms with Crippen molar-refractivity contribution < 1.29 is 19.1 Å². The largest absolute Gasteiger partial charge is 0.466 e. The molecule has 20 heavy (non-hydrogen) atoms. The summed E-state index contributed by atoms with van der Waals surface area (Å²) in [6, 6.07) is 0.170. The van der Waals surface area contributed by atoms with Crippen LogP contribution in [0.25, 0.3) is 0 Å². The van der Waals surface area contributed by atoms with E-state index in [0.29, 0.717) is 6.61 Å². The SMILES string of the molecule is CCOC(=O)[C@@H]1CCC2CCC1N2C(=O)OC(C)(C)C. The molecule has 2 rings (SSSR count). The van der Waals surface area contributed by atoms with E-state index >= 15 is 0 Å². The van der Waals surface area contributed by atoms with Crippen molar-refractivity contribution in [2.75, 3.05) is 6.61 Å². The third kappa shape index (κ3) is 3.07. The number of amides is 1. The van der Waals surface area contributed by atoms with Crippen LogP contribution >= 0.6 is 0 Å². The molecule has 3 atom stereocenters. The van der Waals surface area contributed by atoms with E-state index in [4.69, 9.17) is 9.47 Å². The molecule has 2 unspecified atom stereocenters. The van der Waals surface area contributed by atoms with Crippen LogP contribution in [0.3, 0.4) is 0 Å². The van der Waals surface area contributed by atoms with Gasteiger partial charge in [-0.1, -0.05) is 0 Å². The smallest absolute Gasteiger partial charge is 0.410 e. The molecule has 0 aromatic carbocycles. The molecule has 2 saturated heterocycles. The van der Waals surface area contributed by atoms with Gasteiger partial charge in [0.1, 0.15) is 5.60 Å². The number of carbonyl (C=O) groups excluding carboxylic acids is 2. The number of hydrogen-bond acceptors (Lipinski definition) is 4. The fourth-order valence-corrected chi connectivity index (χ4v) is 3.28. The molecule has 2 heterocycles. The van der Waals surface area contributed by atoms with Crippen molar-refractivity contribution in [1.29, 1.82) is 0 Å². The van der Waals surface area contributed by atoms with Crippen molar-refractivity contribution >= 4 is 12.1 Å². The van der Waals surface area contributed by atoms with Crippen molar-refractivity contribution in [3.8, 4) is 0 Å². The minimum absolute atomic E-state index is 0.0531. The lowest BCUT2D eigenvalue weighted by Crippen LogP contribution is -2.51. The Labute approximate surface area is 120 Å². The Balaban J connectivity index is 2.10. The van der Waals surface area contributed by atoms with Crippen LogP contribution in [0.5, 0.6) is 0 Å². The van der Waals surface area contributed by atoms with Gasteiger partial charge < -0.3 is 14.4 Å². The molecule has 5 nitrogen and oxygen atoms in total. The zero-order chi connectivity index (χ0) is 14.9. The van der Waals surface area contributed by atoms with Gasteiger partial charge in [0.05, 0.1) is 12.5 Å². The number of carbonyl (C=O) groups is 2. The Kier molecular flexibility index (Phi) is 4.25. The highest BCUT2D eigenvalue weighted by atomic mass is 16.6. The average Bonchev–Trinajstić information content (AvgIpc) is 2.62. The Morgan fingerprint density at radius 1 is 1.15 bits per heavy atom. The summed E-state index contributed by atoms with van der Waals surface area (Å²) in [7, 11) is 0. The monoisotopic (exact) mass is 283 g/mol. The standard InChI is InChI=1S/C15H25NO4/c1-5-19-13(17)11-8-6-10-7-9-12(11)16(10)14(18)20-15(2,3)4/h10-12H,5-9H2,1-4H3/t10?,11-,12?/m1/s1. The molecule has 0 spiro atoms. The van der Waals surface area contributed by atoms with Crippen LogP contribution in [0.2, 0.25) is 0 Å². The first kappa shape index (κ1) is 15.1. The van der Waals surface area contributed by atoms with Gasteiger partial charge in [0.2, 0.25) is 0 Å². The zero-order valence-electron chi connectivity index (χ0n) is 12.8. The van der Waals surface area contributed by atoms with Crippen molar-refractivity contribution in [1.82, 2.24) is 4.90 Å². The Bertz CT molecular complexity index is 388. The van der Waals surface area contributed by atoms with Crippen LogP contribution in [-0.2, 0) is 14.3 Å². The van der Waals surface area contributed by atoms with E-state index in [1.54, 1.807) is 4.90 Å². The number of nitrogens with zero attached hydrogens (tertiary/aromatic N) is 1. The highest BCUT2D eigenvalue weighted by Crippen LogP contribution is 2.40. The van der Waals surface area contributed by atoms with Gasteiger partial charge in [-0.3, -0.25) is 4.79 Å². The predicted octanol–water partition coefficient (Wildman–Crippen LogP) is 2.73. The van der Waals surface area contributed by atoms with E-state index in [0.717, 1.165) is 25.7 Å². The second kappa shape index (κ2) is 5.62. The number of hydrogen-bond donors (Lipinski definition) is 0. The number of esters is 1. The highest BCUT2D eigenvalue weighted by molar-refractivity contribution is 5.76. The molecule has 114 valence electrons. The normalized spacial score (nSPS) is 29.2. The molecule has 1 amide bonds. The fraction of sp³-hybridized carbons (Fsp3) is 0.867. The van der Waals surface area contributed by atoms with Crippen LogP contribution in [0.15, 0.2) is 0 Å². The molecule has 2 fully saturated rings. The summed E-state index contributed by atoms with van der Waals surface area (Å²) < 4.78 is 10.6. The maximum atomic E-state index is 12.4. The maximum absolute atomic E-state index is 12.4. The van der Waals surface area contributed by atoms with E-state index in [1.165, 1.54) is 0 Å². The van der Waals surface area contributed by atoms with E-state index in [-0.39, 0.29) is 30.1 Å². The first-order valence-corrected chi connectivity index (χ1v) is 7.51. The molecule has 0 saturated carbocycles. The first-order chi connectivity index (χ1) is 9.33. The number of piperidine rings is 1. The summed E-state index contributed by atoms with van der Waals surface area (Å²) in [5.74, 6) is -0.368. The van der Waals surface area contributed by atoms with Gasteiger partial charge in [-0.2, -0.15) is 0 Å². The lowest BCUT2D eigenvalue weighted by atomic mass is 9.90. The van der Waals surface area contributed by atoms with E-state index in [2.05, 4.69) is 0 Å². The quantitative estimate of drug-likeness (QED) is 0.731. The molecule has 0 aliphatic carbocycles. The fourth-order valence-electron chi connectivity index (χ4n) is 3.28. The van der Waals surface area contributed by atoms with Crippen LogP contribution in [0.4, 0.5) is 4.79 Å². The van der Waals surface area contributed by atoms with E-state index < -0.39 is 5.60 Å². The third-order valence-corrected chi connectivity index (χ3v) is 4.02. The summed E-state index contributed by atoms with van der Waals surface area (Å²) in [5.41, 5.74) is -0.507. The number of rotatable bonds is 2. The van der Waals surface area contributed by atoms with Gasteiger partial charge in [-0.05, 0) is 53.4 Å². The van der Waals surface area contributed by atoms with Crippen molar-refractivity contribution in [3.05, 3.63) is 0 Å². The van der Waals surface area contributed by atoms with Crippen LogP contribution < -0.4 is 0 Å². The second-order valence-electron chi connectivity index (χ2n) is 6.62. The molecular formula is C15H25NO4. The molecule has 2 aliphatic heterocycles. The summed E-state index contributed by atoms with van der Waals surface area (Å²) in [6.07, 6.45) is 3.21. The lowest BCUT2D eigenvalue weighted by Gasteiger charge is -2.39. The molecule has 0 aromatic rings. The van der Waals surface area contributed by atoms with Crippen LogP contribution in [-0.4, -0.2) is 41.3 Å². The Hall–Kier alpha value is -1.26. The zero-order valence-corrected chi connectivity index (χ0v) is 12.8. The van der Waals surface area contributed by atoms with Crippen LogP contribution in [0, 0.1) is 5.92 Å². The number of fused-ring (bicyclic) bond motifs is 2. The van der Waals surface area contributed by atoms with Gasteiger partial charge in [-0.15, -0.1) is 0 Å². The van der Waals surface area contributed by atoms with Gasteiger partial charge in [-0.25, -0.2) is 4.79 Å². The van der Waals surface area contributed by atoms with Gasteiger partial charge in [0.15, 0.2) is 0 Å². The summed E-state index contributed by atoms with van der Waals surface area (Å²) in [4.78, 5) is 26.2. The number of ether oxygens (including phenoxy) is 2. The van der Waals surface area contributed by atoms with Crippen molar-refractivity contribution in [2.45, 2.75) is 71.1 Å². The summed E-state index contributed by atoms with van der Waals surface area (Å²) >= 11 is 0. The molecule has 2 aliphatic rings. The van der Waals surface area contributed by atoms with E-state index in [1.807, 2.05) is 27.7 Å². The van der Waals surface area contributed by atoms with Gasteiger partial charge >= 0.3 is 12.1 Å². The average molecular weight is 283 g/mol.